The van der Waals surface area contributed by atoms with E-state index in [1.54, 1.807) is 0 Å². The number of rotatable bonds is 79. The number of ether oxygens (including phenoxy) is 4. The molecule has 588 valence electrons. The van der Waals surface area contributed by atoms with Crippen LogP contribution >= 0.6 is 15.6 Å². The molecule has 100 heavy (non-hydrogen) atoms. The Balaban J connectivity index is 5.32. The summed E-state index contributed by atoms with van der Waals surface area (Å²) >= 11 is 0. The number of unbranched alkanes of at least 4 members (excludes halogenated alkanes) is 47. The molecule has 0 aliphatic carbocycles. The molecular formula is C81H152O17P2. The summed E-state index contributed by atoms with van der Waals surface area (Å²) in [5, 5.41) is 10.6. The number of phosphoric ester groups is 2. The number of allylic oxidation sites excluding steroid dienone is 6. The SMILES string of the molecule is CCCCCCCC/C=C\CCCCCCCC(=O)OC[C@H](COP(=O)(O)OC[C@H](O)COP(=O)(O)OC[C@@H](COC(=O)CCCCCCCCCCCCCCCCC)OC(=O)CCCCCCC/C=C\CCCCCCCC)OC(=O)CCCCCCC/C=C\CCCCCCCC. The topological polar surface area (TPSA) is 237 Å². The van der Waals surface area contributed by atoms with E-state index in [1.165, 1.54) is 186 Å². The van der Waals surface area contributed by atoms with Gasteiger partial charge in [0, 0.05) is 25.7 Å². The van der Waals surface area contributed by atoms with Crippen molar-refractivity contribution in [2.24, 2.45) is 0 Å². The van der Waals surface area contributed by atoms with Gasteiger partial charge in [0.1, 0.15) is 19.3 Å². The largest absolute Gasteiger partial charge is 0.472 e. The van der Waals surface area contributed by atoms with Crippen LogP contribution in [-0.4, -0.2) is 96.7 Å². The third-order valence-electron chi connectivity index (χ3n) is 18.1. The highest BCUT2D eigenvalue weighted by atomic mass is 31.2. The van der Waals surface area contributed by atoms with Crippen LogP contribution in [0, 0.1) is 0 Å². The van der Waals surface area contributed by atoms with E-state index < -0.39 is 97.5 Å². The van der Waals surface area contributed by atoms with Gasteiger partial charge in [0.15, 0.2) is 12.2 Å². The second kappa shape index (κ2) is 74.5. The summed E-state index contributed by atoms with van der Waals surface area (Å²) in [5.74, 6) is -2.16. The zero-order valence-corrected chi connectivity index (χ0v) is 66.2. The number of hydrogen-bond donors (Lipinski definition) is 3. The lowest BCUT2D eigenvalue weighted by Crippen LogP contribution is -2.30. The Bertz CT molecular complexity index is 2040. The first-order chi connectivity index (χ1) is 48.7. The Labute approximate surface area is 611 Å². The van der Waals surface area contributed by atoms with Gasteiger partial charge in [-0.05, 0) is 103 Å². The van der Waals surface area contributed by atoms with Gasteiger partial charge in [-0.3, -0.25) is 37.3 Å². The van der Waals surface area contributed by atoms with Gasteiger partial charge in [0.25, 0.3) is 0 Å². The smallest absolute Gasteiger partial charge is 0.462 e. The van der Waals surface area contributed by atoms with E-state index in [0.717, 1.165) is 135 Å². The number of carbonyl (C=O) groups excluding carboxylic acids is 4. The molecule has 0 aromatic heterocycles. The van der Waals surface area contributed by atoms with Gasteiger partial charge in [-0.2, -0.15) is 0 Å². The minimum Gasteiger partial charge on any atom is -0.462 e. The maximum Gasteiger partial charge on any atom is 0.472 e. The summed E-state index contributed by atoms with van der Waals surface area (Å²) < 4.78 is 68.7. The van der Waals surface area contributed by atoms with Crippen LogP contribution in [0.15, 0.2) is 36.5 Å². The molecule has 0 aliphatic heterocycles. The van der Waals surface area contributed by atoms with Crippen LogP contribution in [0.5, 0.6) is 0 Å². The maximum atomic E-state index is 13.1. The van der Waals surface area contributed by atoms with Crippen molar-refractivity contribution in [2.45, 2.75) is 418 Å². The number of aliphatic hydroxyl groups is 1. The highest BCUT2D eigenvalue weighted by Crippen LogP contribution is 2.45. The summed E-state index contributed by atoms with van der Waals surface area (Å²) in [7, 11) is -9.94. The normalized spacial score (nSPS) is 14.0. The first kappa shape index (κ1) is 97.3. The van der Waals surface area contributed by atoms with Crippen molar-refractivity contribution in [3.63, 3.8) is 0 Å². The van der Waals surface area contributed by atoms with E-state index in [4.69, 9.17) is 37.0 Å². The molecule has 0 rings (SSSR count). The predicted molar refractivity (Wildman–Crippen MR) is 409 cm³/mol. The van der Waals surface area contributed by atoms with Gasteiger partial charge in [-0.1, -0.05) is 308 Å². The van der Waals surface area contributed by atoms with E-state index in [1.807, 2.05) is 0 Å². The highest BCUT2D eigenvalue weighted by Gasteiger charge is 2.30. The lowest BCUT2D eigenvalue weighted by atomic mass is 10.0. The lowest BCUT2D eigenvalue weighted by molar-refractivity contribution is -0.161. The lowest BCUT2D eigenvalue weighted by Gasteiger charge is -2.21. The molecule has 0 amide bonds. The first-order valence-corrected chi connectivity index (χ1v) is 44.2. The van der Waals surface area contributed by atoms with E-state index in [0.29, 0.717) is 25.7 Å². The third kappa shape index (κ3) is 73.6. The van der Waals surface area contributed by atoms with Crippen LogP contribution in [0.1, 0.15) is 400 Å². The molecule has 0 fully saturated rings. The van der Waals surface area contributed by atoms with Crippen molar-refractivity contribution in [2.75, 3.05) is 39.6 Å². The molecule has 5 atom stereocenters. The number of aliphatic hydroxyl groups excluding tert-OH is 1. The summed E-state index contributed by atoms with van der Waals surface area (Å²) in [6.07, 6.45) is 71.1. The Hall–Kier alpha value is -2.72. The summed E-state index contributed by atoms with van der Waals surface area (Å²) in [6, 6.07) is 0. The van der Waals surface area contributed by atoms with Crippen molar-refractivity contribution in [3.8, 4) is 0 Å². The fourth-order valence-electron chi connectivity index (χ4n) is 11.7. The van der Waals surface area contributed by atoms with Gasteiger partial charge >= 0.3 is 39.5 Å². The van der Waals surface area contributed by atoms with Crippen molar-refractivity contribution < 1.29 is 80.2 Å². The second-order valence-electron chi connectivity index (χ2n) is 28.1. The van der Waals surface area contributed by atoms with Crippen LogP contribution in [0.4, 0.5) is 0 Å². The molecule has 0 heterocycles. The van der Waals surface area contributed by atoms with E-state index in [2.05, 4.69) is 64.2 Å². The van der Waals surface area contributed by atoms with Gasteiger partial charge < -0.3 is 33.8 Å². The molecule has 0 bridgehead atoms. The molecular weight excluding hydrogens is 1310 g/mol. The molecule has 0 spiro atoms. The molecule has 3 N–H and O–H groups in total. The quantitative estimate of drug-likeness (QED) is 0.0169. The van der Waals surface area contributed by atoms with Gasteiger partial charge in [-0.15, -0.1) is 0 Å². The zero-order chi connectivity index (χ0) is 73.2. The van der Waals surface area contributed by atoms with E-state index in [-0.39, 0.29) is 25.7 Å². The van der Waals surface area contributed by atoms with Crippen molar-refractivity contribution in [1.29, 1.82) is 0 Å². The summed E-state index contributed by atoms with van der Waals surface area (Å²) in [6.45, 7) is 4.94. The predicted octanol–water partition coefficient (Wildman–Crippen LogP) is 23.9. The van der Waals surface area contributed by atoms with Gasteiger partial charge in [0.2, 0.25) is 0 Å². The van der Waals surface area contributed by atoms with Crippen molar-refractivity contribution in [3.05, 3.63) is 36.5 Å². The van der Waals surface area contributed by atoms with E-state index >= 15 is 0 Å². The molecule has 0 radical (unpaired) electrons. The monoisotopic (exact) mass is 1460 g/mol. The molecule has 0 aromatic rings. The van der Waals surface area contributed by atoms with Gasteiger partial charge in [-0.25, -0.2) is 9.13 Å². The van der Waals surface area contributed by atoms with E-state index in [9.17, 15) is 43.2 Å². The fourth-order valence-corrected chi connectivity index (χ4v) is 13.3. The average molecular weight is 1460 g/mol. The molecule has 0 aliphatic rings. The third-order valence-corrected chi connectivity index (χ3v) is 20.0. The van der Waals surface area contributed by atoms with Crippen molar-refractivity contribution in [1.82, 2.24) is 0 Å². The van der Waals surface area contributed by atoms with Gasteiger partial charge in [0.05, 0.1) is 26.4 Å². The Morgan fingerprint density at radius 3 is 0.690 bits per heavy atom. The molecule has 0 saturated carbocycles. The Morgan fingerprint density at radius 2 is 0.460 bits per heavy atom. The highest BCUT2D eigenvalue weighted by molar-refractivity contribution is 7.47. The van der Waals surface area contributed by atoms with Crippen LogP contribution < -0.4 is 0 Å². The number of phosphoric acid groups is 2. The molecule has 17 nitrogen and oxygen atoms in total. The minimum absolute atomic E-state index is 0.0897. The van der Waals surface area contributed by atoms with Crippen LogP contribution in [0.2, 0.25) is 0 Å². The van der Waals surface area contributed by atoms with Crippen LogP contribution in [0.25, 0.3) is 0 Å². The second-order valence-corrected chi connectivity index (χ2v) is 31.0. The molecule has 19 heteroatoms. The number of esters is 4. The standard InChI is InChI=1S/C81H152O17P2/c1-5-9-13-17-21-25-29-33-37-41-45-49-53-57-61-65-78(83)91-71-76(97-80(85)67-63-59-55-51-47-43-39-35-31-27-23-19-15-11-7-3)73-95-99(87,88)93-69-75(82)70-94-100(89,90)96-74-77(98-81(86)68-64-60-56-52-48-44-40-36-32-28-24-20-16-12-8-4)72-92-79(84)66-62-58-54-50-46-42-38-34-30-26-22-18-14-10-6-2/h33,35-37,39-40,75-77,82H,5-32,34,38,41-74H2,1-4H3,(H,87,88)(H,89,90)/b37-33-,39-35-,40-36-/t75-,76+,77+/m0/s1. The Kier molecular flexibility index (Phi) is 72.5. The first-order valence-electron chi connectivity index (χ1n) is 41.2. The summed E-state index contributed by atoms with van der Waals surface area (Å²) in [5.41, 5.74) is 0. The molecule has 0 aromatic carbocycles. The number of carbonyl (C=O) groups is 4. The van der Waals surface area contributed by atoms with Crippen molar-refractivity contribution >= 4 is 39.5 Å². The zero-order valence-electron chi connectivity index (χ0n) is 64.4. The van der Waals surface area contributed by atoms with Crippen LogP contribution in [-0.2, 0) is 65.4 Å². The molecule has 2 unspecified atom stereocenters. The summed E-state index contributed by atoms with van der Waals surface area (Å²) in [4.78, 5) is 73.0. The maximum absolute atomic E-state index is 13.1. The Morgan fingerprint density at radius 1 is 0.270 bits per heavy atom. The minimum atomic E-state index is -4.97. The number of hydrogen-bond acceptors (Lipinski definition) is 15. The molecule has 0 saturated heterocycles. The van der Waals surface area contributed by atoms with Crippen LogP contribution in [0.3, 0.4) is 0 Å². The fraction of sp³-hybridized carbons (Fsp3) is 0.877. The average Bonchev–Trinajstić information content (AvgIpc) is 1.01.